The van der Waals surface area contributed by atoms with E-state index in [9.17, 15) is 4.79 Å². The van der Waals surface area contributed by atoms with Crippen molar-refractivity contribution in [3.63, 3.8) is 0 Å². The van der Waals surface area contributed by atoms with Gasteiger partial charge in [0.05, 0.1) is 11.1 Å². The highest BCUT2D eigenvalue weighted by Crippen LogP contribution is 2.26. The second kappa shape index (κ2) is 10.3. The number of carbonyl (C=O) groups excluding carboxylic acids is 1. The highest BCUT2D eigenvalue weighted by molar-refractivity contribution is 9.10. The van der Waals surface area contributed by atoms with E-state index in [-0.39, 0.29) is 11.9 Å². The van der Waals surface area contributed by atoms with Gasteiger partial charge in [0.2, 0.25) is 5.91 Å². The number of anilines is 1. The molecule has 1 aliphatic rings. The number of aromatic nitrogens is 4. The highest BCUT2D eigenvalue weighted by atomic mass is 79.9. The molecule has 3 heterocycles. The highest BCUT2D eigenvalue weighted by Gasteiger charge is 2.31. The van der Waals surface area contributed by atoms with Gasteiger partial charge in [0.15, 0.2) is 5.65 Å². The lowest BCUT2D eigenvalue weighted by molar-refractivity contribution is -0.126. The lowest BCUT2D eigenvalue weighted by atomic mass is 10.1. The molecule has 1 fully saturated rings. The van der Waals surface area contributed by atoms with Crippen molar-refractivity contribution in [1.82, 2.24) is 30.0 Å². The molecule has 1 amide bonds. The van der Waals surface area contributed by atoms with Crippen molar-refractivity contribution in [2.24, 2.45) is 0 Å². The number of rotatable bonds is 6. The van der Waals surface area contributed by atoms with Crippen LogP contribution in [0.4, 0.5) is 5.82 Å². The normalized spacial score (nSPS) is 16.5. The van der Waals surface area contributed by atoms with Gasteiger partial charge in [0, 0.05) is 41.7 Å². The lowest BCUT2D eigenvalue weighted by Crippen LogP contribution is -2.57. The number of hydrogen-bond acceptors (Lipinski definition) is 7. The largest absolute Gasteiger partial charge is 0.353 e. The fourth-order valence-electron chi connectivity index (χ4n) is 4.20. The maximum absolute atomic E-state index is 13.1. The van der Waals surface area contributed by atoms with Gasteiger partial charge in [-0.25, -0.2) is 14.6 Å². The third kappa shape index (κ3) is 5.19. The standard InChI is InChI=1S/C25H26BrN7OS/c1-31-11-12-32(15-22(31)25(34)27-13-17-3-9-20(35-2)10-4-17)24-21-14-33(30-23(21)28-16-29-24)19-7-5-18(26)6-8-19/h3-10,14,16,22H,11-13,15H2,1-2H3,(H,27,34). The lowest BCUT2D eigenvalue weighted by Gasteiger charge is -2.39. The smallest absolute Gasteiger partial charge is 0.239 e. The molecule has 0 spiro atoms. The molecule has 0 saturated carbocycles. The molecule has 5 rings (SSSR count). The molecule has 1 N–H and O–H groups in total. The van der Waals surface area contributed by atoms with E-state index in [0.717, 1.165) is 40.0 Å². The minimum atomic E-state index is -0.277. The quantitative estimate of drug-likeness (QED) is 0.365. The Morgan fingerprint density at radius 3 is 2.63 bits per heavy atom. The minimum absolute atomic E-state index is 0.0157. The van der Waals surface area contributed by atoms with Gasteiger partial charge in [0.25, 0.3) is 0 Å². The molecule has 1 saturated heterocycles. The summed E-state index contributed by atoms with van der Waals surface area (Å²) in [5, 5.41) is 8.62. The second-order valence-corrected chi connectivity index (χ2v) is 10.3. The van der Waals surface area contributed by atoms with Gasteiger partial charge in [-0.15, -0.1) is 16.9 Å². The number of nitrogens with one attached hydrogen (secondary N) is 1. The average molecular weight is 553 g/mol. The van der Waals surface area contributed by atoms with Crippen LogP contribution >= 0.6 is 27.7 Å². The average Bonchev–Trinajstić information content (AvgIpc) is 3.33. The summed E-state index contributed by atoms with van der Waals surface area (Å²) in [5.74, 6) is 0.818. The molecule has 0 aliphatic carbocycles. The van der Waals surface area contributed by atoms with Crippen LogP contribution in [0.5, 0.6) is 0 Å². The van der Waals surface area contributed by atoms with Gasteiger partial charge >= 0.3 is 0 Å². The molecular weight excluding hydrogens is 526 g/mol. The second-order valence-electron chi connectivity index (χ2n) is 8.49. The predicted octanol–water partition coefficient (Wildman–Crippen LogP) is 3.74. The van der Waals surface area contributed by atoms with Gasteiger partial charge in [-0.05, 0) is 55.3 Å². The number of piperazine rings is 1. The molecule has 0 bridgehead atoms. The van der Waals surface area contributed by atoms with Crippen molar-refractivity contribution >= 4 is 50.5 Å². The third-order valence-electron chi connectivity index (χ3n) is 6.26. The summed E-state index contributed by atoms with van der Waals surface area (Å²) in [6.45, 7) is 2.58. The van der Waals surface area contributed by atoms with Crippen LogP contribution < -0.4 is 10.2 Å². The summed E-state index contributed by atoms with van der Waals surface area (Å²) in [6, 6.07) is 15.9. The fourth-order valence-corrected chi connectivity index (χ4v) is 4.88. The van der Waals surface area contributed by atoms with Crippen LogP contribution in [0.15, 0.2) is 70.4 Å². The molecule has 180 valence electrons. The number of likely N-dealkylation sites (N-methyl/N-ethyl adjacent to an activating group) is 1. The van der Waals surface area contributed by atoms with Crippen LogP contribution in [0, 0.1) is 0 Å². The maximum atomic E-state index is 13.1. The van der Waals surface area contributed by atoms with Crippen molar-refractivity contribution < 1.29 is 4.79 Å². The Bertz CT molecular complexity index is 1330. The van der Waals surface area contributed by atoms with Crippen LogP contribution in [-0.4, -0.2) is 69.5 Å². The maximum Gasteiger partial charge on any atom is 0.239 e. The van der Waals surface area contributed by atoms with Crippen LogP contribution in [0.25, 0.3) is 16.7 Å². The molecule has 1 unspecified atom stereocenters. The summed E-state index contributed by atoms with van der Waals surface area (Å²) in [7, 11) is 2.00. The fraction of sp³-hybridized carbons (Fsp3) is 0.280. The van der Waals surface area contributed by atoms with Crippen LogP contribution in [-0.2, 0) is 11.3 Å². The minimum Gasteiger partial charge on any atom is -0.353 e. The first-order chi connectivity index (χ1) is 17.0. The predicted molar refractivity (Wildman–Crippen MR) is 143 cm³/mol. The Kier molecular flexibility index (Phi) is 7.03. The van der Waals surface area contributed by atoms with Crippen molar-refractivity contribution in [2.75, 3.05) is 37.8 Å². The van der Waals surface area contributed by atoms with E-state index >= 15 is 0 Å². The molecule has 10 heteroatoms. The number of fused-ring (bicyclic) bond motifs is 1. The number of thioether (sulfide) groups is 1. The van der Waals surface area contributed by atoms with E-state index in [4.69, 9.17) is 0 Å². The summed E-state index contributed by atoms with van der Waals surface area (Å²) in [4.78, 5) is 27.6. The van der Waals surface area contributed by atoms with E-state index in [1.165, 1.54) is 4.90 Å². The molecular formula is C25H26BrN7OS. The van der Waals surface area contributed by atoms with Crippen LogP contribution in [0.1, 0.15) is 5.56 Å². The summed E-state index contributed by atoms with van der Waals surface area (Å²) < 4.78 is 2.83. The zero-order chi connectivity index (χ0) is 24.4. The van der Waals surface area contributed by atoms with Crippen molar-refractivity contribution in [3.05, 3.63) is 71.1 Å². The van der Waals surface area contributed by atoms with E-state index in [0.29, 0.717) is 18.7 Å². The molecule has 2 aromatic carbocycles. The molecule has 0 radical (unpaired) electrons. The number of benzene rings is 2. The number of nitrogens with zero attached hydrogens (tertiary/aromatic N) is 6. The number of halogens is 1. The molecule has 4 aromatic rings. The summed E-state index contributed by atoms with van der Waals surface area (Å²) in [5.41, 5.74) is 2.66. The molecule has 1 aliphatic heterocycles. The molecule has 1 atom stereocenters. The monoisotopic (exact) mass is 551 g/mol. The number of carbonyl (C=O) groups is 1. The van der Waals surface area contributed by atoms with Gasteiger partial charge in [-0.2, -0.15) is 0 Å². The van der Waals surface area contributed by atoms with E-state index < -0.39 is 0 Å². The Labute approximate surface area is 216 Å². The topological polar surface area (TPSA) is 79.2 Å². The third-order valence-corrected chi connectivity index (χ3v) is 7.54. The zero-order valence-electron chi connectivity index (χ0n) is 19.6. The van der Waals surface area contributed by atoms with E-state index in [2.05, 4.69) is 76.6 Å². The van der Waals surface area contributed by atoms with E-state index in [1.807, 2.05) is 42.2 Å². The van der Waals surface area contributed by atoms with E-state index in [1.54, 1.807) is 18.1 Å². The van der Waals surface area contributed by atoms with Crippen LogP contribution in [0.3, 0.4) is 0 Å². The Hall–Kier alpha value is -2.95. The Morgan fingerprint density at radius 2 is 1.89 bits per heavy atom. The first-order valence-electron chi connectivity index (χ1n) is 11.3. The number of amides is 1. The first kappa shape index (κ1) is 23.8. The molecule has 8 nitrogen and oxygen atoms in total. The molecule has 35 heavy (non-hydrogen) atoms. The Morgan fingerprint density at radius 1 is 1.11 bits per heavy atom. The van der Waals surface area contributed by atoms with Crippen LogP contribution in [0.2, 0.25) is 0 Å². The summed E-state index contributed by atoms with van der Waals surface area (Å²) in [6.07, 6.45) is 5.56. The summed E-state index contributed by atoms with van der Waals surface area (Å²) >= 11 is 5.18. The van der Waals surface area contributed by atoms with Crippen molar-refractivity contribution in [2.45, 2.75) is 17.5 Å². The number of hydrogen-bond donors (Lipinski definition) is 1. The molecule has 2 aromatic heterocycles. The van der Waals surface area contributed by atoms with Crippen molar-refractivity contribution in [1.29, 1.82) is 0 Å². The van der Waals surface area contributed by atoms with Crippen molar-refractivity contribution in [3.8, 4) is 5.69 Å². The first-order valence-corrected chi connectivity index (χ1v) is 13.4. The Balaban J connectivity index is 1.33. The van der Waals surface area contributed by atoms with Gasteiger partial charge in [-0.1, -0.05) is 28.1 Å². The van der Waals surface area contributed by atoms with Gasteiger partial charge in [0.1, 0.15) is 18.2 Å². The SMILES string of the molecule is CSc1ccc(CNC(=O)C2CN(c3ncnc4nn(-c5ccc(Br)cc5)cc34)CCN2C)cc1. The van der Waals surface area contributed by atoms with Gasteiger partial charge < -0.3 is 10.2 Å². The van der Waals surface area contributed by atoms with Gasteiger partial charge in [-0.3, -0.25) is 9.69 Å². The zero-order valence-corrected chi connectivity index (χ0v) is 22.0.